The van der Waals surface area contributed by atoms with Crippen LogP contribution in [0.4, 0.5) is 8.78 Å². The minimum absolute atomic E-state index is 0.0174. The predicted molar refractivity (Wildman–Crippen MR) is 163 cm³/mol. The van der Waals surface area contributed by atoms with Crippen molar-refractivity contribution in [3.8, 4) is 17.3 Å². The van der Waals surface area contributed by atoms with Gasteiger partial charge in [-0.3, -0.25) is 23.0 Å². The molecule has 0 aliphatic rings. The summed E-state index contributed by atoms with van der Waals surface area (Å²) < 4.78 is 55.0. The number of hydrogen-bond donors (Lipinski definition) is 1. The van der Waals surface area contributed by atoms with Crippen LogP contribution in [-0.4, -0.2) is 26.8 Å². The zero-order valence-corrected chi connectivity index (χ0v) is 26.5. The number of rotatable bonds is 10. The standard InChI is InChI=1S/C31H29BrF2N3O6P/c1-30(2,3)28(38)42-20-43-44(40,41)31(33,34)25-14-11-23(15-26(25)32)18-37-27(24-12-9-21(16-35)10-13-24)19-36(29(37)39)17-22-7-5-4-6-8-22/h4-15,19H,17-18,20H2,1-3H3,(H,40,41). The van der Waals surface area contributed by atoms with Gasteiger partial charge in [-0.05, 0) is 55.7 Å². The van der Waals surface area contributed by atoms with E-state index < -0.39 is 37.0 Å². The van der Waals surface area contributed by atoms with Crippen molar-refractivity contribution >= 4 is 29.5 Å². The highest BCUT2D eigenvalue weighted by molar-refractivity contribution is 9.10. The monoisotopic (exact) mass is 687 g/mol. The molecule has 9 nitrogen and oxygen atoms in total. The van der Waals surface area contributed by atoms with Gasteiger partial charge in [-0.2, -0.15) is 14.0 Å². The molecule has 4 aromatic rings. The summed E-state index contributed by atoms with van der Waals surface area (Å²) in [4.78, 5) is 35.5. The first kappa shape index (κ1) is 33.0. The number of nitrogens with zero attached hydrogens (tertiary/aromatic N) is 3. The van der Waals surface area contributed by atoms with E-state index in [1.165, 1.54) is 42.0 Å². The fourth-order valence-corrected chi connectivity index (χ4v) is 5.89. The van der Waals surface area contributed by atoms with Gasteiger partial charge in [0.2, 0.25) is 6.79 Å². The molecule has 1 N–H and O–H groups in total. The number of halogens is 3. The molecular weight excluding hydrogens is 659 g/mol. The smallest absolute Gasteiger partial charge is 0.404 e. The first-order chi connectivity index (χ1) is 20.6. The average Bonchev–Trinajstić information content (AvgIpc) is 3.27. The first-order valence-corrected chi connectivity index (χ1v) is 15.7. The number of benzene rings is 3. The van der Waals surface area contributed by atoms with Crippen LogP contribution in [0, 0.1) is 16.7 Å². The molecule has 0 aliphatic carbocycles. The van der Waals surface area contributed by atoms with Crippen molar-refractivity contribution in [3.63, 3.8) is 0 Å². The quantitative estimate of drug-likeness (QED) is 0.110. The Hall–Kier alpha value is -3.88. The van der Waals surface area contributed by atoms with E-state index in [0.29, 0.717) is 28.9 Å². The molecule has 0 amide bonds. The second kappa shape index (κ2) is 13.0. The van der Waals surface area contributed by atoms with E-state index in [4.69, 9.17) is 4.74 Å². The Morgan fingerprint density at radius 2 is 1.68 bits per heavy atom. The lowest BCUT2D eigenvalue weighted by Crippen LogP contribution is -2.25. The minimum atomic E-state index is -5.65. The van der Waals surface area contributed by atoms with E-state index in [0.717, 1.165) is 11.6 Å². The van der Waals surface area contributed by atoms with E-state index in [2.05, 4.69) is 26.5 Å². The third-order valence-electron chi connectivity index (χ3n) is 6.63. The molecule has 0 bridgehead atoms. The summed E-state index contributed by atoms with van der Waals surface area (Å²) in [6.45, 7) is 3.73. The highest BCUT2D eigenvalue weighted by atomic mass is 79.9. The Morgan fingerprint density at radius 1 is 1.02 bits per heavy atom. The molecule has 0 saturated heterocycles. The van der Waals surface area contributed by atoms with Crippen LogP contribution in [0.1, 0.15) is 43.0 Å². The van der Waals surface area contributed by atoms with Gasteiger partial charge in [0.25, 0.3) is 0 Å². The number of nitriles is 1. The van der Waals surface area contributed by atoms with Crippen molar-refractivity contribution < 1.29 is 32.3 Å². The Morgan fingerprint density at radius 3 is 2.27 bits per heavy atom. The zero-order valence-electron chi connectivity index (χ0n) is 24.0. The summed E-state index contributed by atoms with van der Waals surface area (Å²) >= 11 is 3.08. The molecule has 230 valence electrons. The van der Waals surface area contributed by atoms with Crippen LogP contribution >= 0.6 is 23.5 Å². The summed E-state index contributed by atoms with van der Waals surface area (Å²) in [5.41, 5.74) is -3.50. The Balaban J connectivity index is 1.63. The van der Waals surface area contributed by atoms with Gasteiger partial charge in [0.15, 0.2) is 0 Å². The maximum Gasteiger partial charge on any atom is 0.404 e. The van der Waals surface area contributed by atoms with Crippen LogP contribution in [0.2, 0.25) is 0 Å². The molecule has 13 heteroatoms. The van der Waals surface area contributed by atoms with Crippen molar-refractivity contribution in [2.75, 3.05) is 6.79 Å². The summed E-state index contributed by atoms with van der Waals surface area (Å²) in [5.74, 6) is -0.792. The van der Waals surface area contributed by atoms with E-state index >= 15 is 8.78 Å². The van der Waals surface area contributed by atoms with Gasteiger partial charge in [0.1, 0.15) is 0 Å². The van der Waals surface area contributed by atoms with E-state index in [1.807, 2.05) is 30.3 Å². The number of carbonyl (C=O) groups is 1. The Kier molecular flexibility index (Phi) is 9.76. The van der Waals surface area contributed by atoms with Crippen LogP contribution in [0.15, 0.2) is 88.3 Å². The molecule has 0 aliphatic heterocycles. The topological polar surface area (TPSA) is 124 Å². The molecule has 0 radical (unpaired) electrons. The Labute approximate surface area is 260 Å². The van der Waals surface area contributed by atoms with E-state index in [9.17, 15) is 24.3 Å². The molecule has 0 fully saturated rings. The number of alkyl halides is 2. The average molecular weight is 688 g/mol. The summed E-state index contributed by atoms with van der Waals surface area (Å²) in [5, 5.41) is 9.18. The lowest BCUT2D eigenvalue weighted by molar-refractivity contribution is -0.160. The molecule has 1 atom stereocenters. The van der Waals surface area contributed by atoms with Gasteiger partial charge < -0.3 is 9.63 Å². The first-order valence-electron chi connectivity index (χ1n) is 13.3. The second-order valence-corrected chi connectivity index (χ2v) is 13.7. The van der Waals surface area contributed by atoms with Crippen molar-refractivity contribution in [2.45, 2.75) is 39.5 Å². The minimum Gasteiger partial charge on any atom is -0.438 e. The number of hydrogen-bond acceptors (Lipinski definition) is 6. The molecule has 1 unspecified atom stereocenters. The third-order valence-corrected chi connectivity index (χ3v) is 8.70. The van der Waals surface area contributed by atoms with Crippen molar-refractivity contribution in [3.05, 3.63) is 116 Å². The molecule has 44 heavy (non-hydrogen) atoms. The van der Waals surface area contributed by atoms with E-state index in [1.54, 1.807) is 30.5 Å². The van der Waals surface area contributed by atoms with Crippen LogP contribution in [0.25, 0.3) is 11.3 Å². The lowest BCUT2D eigenvalue weighted by Gasteiger charge is -2.24. The molecule has 3 aromatic carbocycles. The maximum atomic E-state index is 15.2. The van der Waals surface area contributed by atoms with Crippen LogP contribution in [-0.2, 0) is 37.4 Å². The normalized spacial score (nSPS) is 13.2. The van der Waals surface area contributed by atoms with Crippen LogP contribution in [0.5, 0.6) is 0 Å². The lowest BCUT2D eigenvalue weighted by atomic mass is 9.98. The molecule has 0 spiro atoms. The Bertz CT molecular complexity index is 1810. The van der Waals surface area contributed by atoms with Gasteiger partial charge in [-0.15, -0.1) is 0 Å². The van der Waals surface area contributed by atoms with E-state index in [-0.39, 0.29) is 16.7 Å². The molecule has 4 rings (SSSR count). The number of esters is 1. The highest BCUT2D eigenvalue weighted by Gasteiger charge is 2.54. The molecule has 0 saturated carbocycles. The van der Waals surface area contributed by atoms with Gasteiger partial charge in [-0.25, -0.2) is 4.79 Å². The van der Waals surface area contributed by atoms with Gasteiger partial charge >= 0.3 is 24.9 Å². The zero-order chi connectivity index (χ0) is 32.3. The fraction of sp³-hybridized carbons (Fsp3) is 0.258. The molecule has 1 heterocycles. The largest absolute Gasteiger partial charge is 0.438 e. The highest BCUT2D eigenvalue weighted by Crippen LogP contribution is 2.64. The van der Waals surface area contributed by atoms with Crippen LogP contribution < -0.4 is 5.69 Å². The number of aromatic nitrogens is 2. The summed E-state index contributed by atoms with van der Waals surface area (Å²) in [6.07, 6.45) is 1.69. The fourth-order valence-electron chi connectivity index (χ4n) is 4.21. The number of ether oxygens (including phenoxy) is 1. The SMILES string of the molecule is CC(C)(C)C(=O)OCOP(=O)(O)C(F)(F)c1ccc(Cn2c(-c3ccc(C#N)cc3)cn(Cc3ccccc3)c2=O)cc1Br. The third kappa shape index (κ3) is 7.25. The van der Waals surface area contributed by atoms with Gasteiger partial charge in [-0.1, -0.05) is 70.5 Å². The molecule has 1 aromatic heterocycles. The number of imidazole rings is 1. The summed E-state index contributed by atoms with van der Waals surface area (Å²) in [7, 11) is -5.65. The molecular formula is C31H29BrF2N3O6P. The van der Waals surface area contributed by atoms with Crippen molar-refractivity contribution in [1.82, 2.24) is 9.13 Å². The maximum absolute atomic E-state index is 15.2. The van der Waals surface area contributed by atoms with Gasteiger partial charge in [0.05, 0.1) is 35.8 Å². The predicted octanol–water partition coefficient (Wildman–Crippen LogP) is 6.85. The van der Waals surface area contributed by atoms with Gasteiger partial charge in [0, 0.05) is 16.2 Å². The van der Waals surface area contributed by atoms with Crippen molar-refractivity contribution in [2.24, 2.45) is 5.41 Å². The van der Waals surface area contributed by atoms with Crippen LogP contribution in [0.3, 0.4) is 0 Å². The second-order valence-electron chi connectivity index (χ2n) is 11.0. The summed E-state index contributed by atoms with van der Waals surface area (Å²) in [6, 6.07) is 21.7. The van der Waals surface area contributed by atoms with Crippen molar-refractivity contribution in [1.29, 1.82) is 5.26 Å². The number of carbonyl (C=O) groups excluding carboxylic acids is 1.